The van der Waals surface area contributed by atoms with Crippen molar-refractivity contribution in [3.05, 3.63) is 23.8 Å². The van der Waals surface area contributed by atoms with E-state index in [0.717, 1.165) is 12.1 Å². The Kier molecular flexibility index (Phi) is 3.60. The van der Waals surface area contributed by atoms with Crippen molar-refractivity contribution < 1.29 is 9.84 Å². The molecular weight excluding hydrogens is 230 g/mol. The molecule has 0 fully saturated rings. The maximum Gasteiger partial charge on any atom is 0.191 e. The zero-order valence-corrected chi connectivity index (χ0v) is 10.8. The van der Waals surface area contributed by atoms with Gasteiger partial charge in [0.1, 0.15) is 0 Å². The van der Waals surface area contributed by atoms with Crippen LogP contribution in [0.4, 0.5) is 0 Å². The summed E-state index contributed by atoms with van der Waals surface area (Å²) in [4.78, 5) is 6.31. The van der Waals surface area contributed by atoms with Crippen LogP contribution in [-0.4, -0.2) is 35.7 Å². The topological polar surface area (TPSA) is 71.1 Å². The van der Waals surface area contributed by atoms with E-state index in [2.05, 4.69) is 4.99 Å². The second kappa shape index (κ2) is 5.16. The predicted molar refractivity (Wildman–Crippen MR) is 70.9 cm³/mol. The molecule has 1 unspecified atom stereocenters. The van der Waals surface area contributed by atoms with Gasteiger partial charge in [-0.15, -0.1) is 0 Å². The summed E-state index contributed by atoms with van der Waals surface area (Å²) >= 11 is 0. The first-order valence-electron chi connectivity index (χ1n) is 6.19. The molecule has 0 amide bonds. The minimum Gasteiger partial charge on any atom is -0.504 e. The van der Waals surface area contributed by atoms with E-state index >= 15 is 0 Å². The molecule has 0 radical (unpaired) electrons. The highest BCUT2D eigenvalue weighted by atomic mass is 16.5. The fraction of sp³-hybridized carbons (Fsp3) is 0.462. The zero-order chi connectivity index (χ0) is 13.1. The van der Waals surface area contributed by atoms with Crippen LogP contribution >= 0.6 is 0 Å². The number of ether oxygens (including phenoxy) is 1. The number of phenols is 1. The summed E-state index contributed by atoms with van der Waals surface area (Å²) in [6.07, 6.45) is 0. The van der Waals surface area contributed by atoms with E-state index in [1.807, 2.05) is 30.9 Å². The van der Waals surface area contributed by atoms with Crippen molar-refractivity contribution in [1.29, 1.82) is 0 Å². The molecule has 2 rings (SSSR count). The van der Waals surface area contributed by atoms with Gasteiger partial charge in [0.2, 0.25) is 0 Å². The lowest BCUT2D eigenvalue weighted by Crippen LogP contribution is -2.35. The van der Waals surface area contributed by atoms with Gasteiger partial charge in [-0.1, -0.05) is 6.07 Å². The largest absolute Gasteiger partial charge is 0.504 e. The highest BCUT2D eigenvalue weighted by Crippen LogP contribution is 2.32. The van der Waals surface area contributed by atoms with E-state index in [9.17, 15) is 5.11 Å². The average molecular weight is 249 g/mol. The van der Waals surface area contributed by atoms with Crippen molar-refractivity contribution in [3.63, 3.8) is 0 Å². The molecule has 5 nitrogen and oxygen atoms in total. The number of rotatable bonds is 4. The lowest BCUT2D eigenvalue weighted by molar-refractivity contribution is 0.314. The van der Waals surface area contributed by atoms with E-state index in [4.69, 9.17) is 10.5 Å². The number of hydrogen-bond acceptors (Lipinski definition) is 5. The molecule has 3 N–H and O–H groups in total. The third-order valence-corrected chi connectivity index (χ3v) is 3.11. The molecule has 1 aliphatic rings. The Morgan fingerprint density at radius 1 is 1.50 bits per heavy atom. The molecule has 1 aromatic rings. The van der Waals surface area contributed by atoms with Crippen LogP contribution in [0.2, 0.25) is 0 Å². The third kappa shape index (κ3) is 2.20. The molecule has 1 heterocycles. The second-order valence-electron chi connectivity index (χ2n) is 4.16. The van der Waals surface area contributed by atoms with Crippen LogP contribution in [0.1, 0.15) is 25.5 Å². The van der Waals surface area contributed by atoms with Crippen LogP contribution in [0.25, 0.3) is 0 Å². The fourth-order valence-corrected chi connectivity index (χ4v) is 2.21. The van der Waals surface area contributed by atoms with E-state index in [1.54, 1.807) is 6.07 Å². The number of likely N-dealkylation sites (N-methyl/N-ethyl adjacent to an activating group) is 1. The monoisotopic (exact) mass is 249 g/mol. The Morgan fingerprint density at radius 3 is 2.94 bits per heavy atom. The van der Waals surface area contributed by atoms with E-state index in [0.29, 0.717) is 24.9 Å². The van der Waals surface area contributed by atoms with Gasteiger partial charge in [0.25, 0.3) is 0 Å². The first kappa shape index (κ1) is 12.5. The highest BCUT2D eigenvalue weighted by molar-refractivity contribution is 5.80. The first-order valence-corrected chi connectivity index (χ1v) is 6.19. The molecule has 1 aliphatic heterocycles. The lowest BCUT2D eigenvalue weighted by Gasteiger charge is -2.25. The van der Waals surface area contributed by atoms with Crippen LogP contribution in [0.5, 0.6) is 11.5 Å². The number of nitrogens with zero attached hydrogens (tertiary/aromatic N) is 2. The molecule has 0 saturated heterocycles. The summed E-state index contributed by atoms with van der Waals surface area (Å²) in [5.41, 5.74) is 6.90. The van der Waals surface area contributed by atoms with E-state index in [-0.39, 0.29) is 11.8 Å². The lowest BCUT2D eigenvalue weighted by atomic mass is 10.1. The molecule has 1 aromatic carbocycles. The summed E-state index contributed by atoms with van der Waals surface area (Å²) in [5, 5.41) is 9.69. The van der Waals surface area contributed by atoms with Crippen LogP contribution < -0.4 is 10.5 Å². The number of phenolic OH excluding ortho intramolecular Hbond substituents is 1. The Hall–Kier alpha value is -1.91. The highest BCUT2D eigenvalue weighted by Gasteiger charge is 2.26. The molecule has 0 aromatic heterocycles. The van der Waals surface area contributed by atoms with Crippen LogP contribution in [0.15, 0.2) is 23.2 Å². The minimum atomic E-state index is 0.134. The van der Waals surface area contributed by atoms with Gasteiger partial charge in [-0.25, -0.2) is 0 Å². The van der Waals surface area contributed by atoms with Crippen molar-refractivity contribution in [2.75, 3.05) is 19.7 Å². The summed E-state index contributed by atoms with van der Waals surface area (Å²) in [7, 11) is 0. The Labute approximate surface area is 107 Å². The SMILES string of the molecule is CCOc1cc(C2CN=C(N)N2CC)ccc1O. The second-order valence-corrected chi connectivity index (χ2v) is 4.16. The number of aromatic hydroxyl groups is 1. The average Bonchev–Trinajstić information content (AvgIpc) is 2.73. The number of aliphatic imine (C=N–C) groups is 1. The van der Waals surface area contributed by atoms with Gasteiger partial charge in [-0.2, -0.15) is 0 Å². The number of hydrogen-bond donors (Lipinski definition) is 2. The van der Waals surface area contributed by atoms with Gasteiger partial charge in [0.15, 0.2) is 17.5 Å². The van der Waals surface area contributed by atoms with Crippen molar-refractivity contribution in [2.45, 2.75) is 19.9 Å². The summed E-state index contributed by atoms with van der Waals surface area (Å²) in [5.74, 6) is 1.25. The molecule has 1 atom stereocenters. The maximum absolute atomic E-state index is 9.69. The summed E-state index contributed by atoms with van der Waals surface area (Å²) < 4.78 is 5.40. The molecule has 0 aliphatic carbocycles. The van der Waals surface area contributed by atoms with Gasteiger partial charge >= 0.3 is 0 Å². The number of benzene rings is 1. The Balaban J connectivity index is 2.26. The van der Waals surface area contributed by atoms with Crippen molar-refractivity contribution in [3.8, 4) is 11.5 Å². The Morgan fingerprint density at radius 2 is 2.28 bits per heavy atom. The Bertz CT molecular complexity index is 460. The molecule has 18 heavy (non-hydrogen) atoms. The van der Waals surface area contributed by atoms with Crippen LogP contribution in [-0.2, 0) is 0 Å². The van der Waals surface area contributed by atoms with Crippen molar-refractivity contribution >= 4 is 5.96 Å². The fourth-order valence-electron chi connectivity index (χ4n) is 2.21. The van der Waals surface area contributed by atoms with Gasteiger partial charge < -0.3 is 20.5 Å². The molecular formula is C13H19N3O2. The number of nitrogens with two attached hydrogens (primary N) is 1. The third-order valence-electron chi connectivity index (χ3n) is 3.11. The van der Waals surface area contributed by atoms with Crippen molar-refractivity contribution in [2.24, 2.45) is 10.7 Å². The molecule has 0 spiro atoms. The molecule has 5 heteroatoms. The normalized spacial score (nSPS) is 18.9. The molecule has 0 saturated carbocycles. The van der Waals surface area contributed by atoms with Gasteiger partial charge in [0.05, 0.1) is 19.2 Å². The number of guanidine groups is 1. The van der Waals surface area contributed by atoms with Gasteiger partial charge in [-0.3, -0.25) is 4.99 Å². The van der Waals surface area contributed by atoms with E-state index < -0.39 is 0 Å². The summed E-state index contributed by atoms with van der Waals surface area (Å²) in [6, 6.07) is 5.54. The molecule has 98 valence electrons. The minimum absolute atomic E-state index is 0.134. The zero-order valence-electron chi connectivity index (χ0n) is 10.8. The predicted octanol–water partition coefficient (Wildman–Crippen LogP) is 1.48. The van der Waals surface area contributed by atoms with Gasteiger partial charge in [-0.05, 0) is 31.5 Å². The van der Waals surface area contributed by atoms with Gasteiger partial charge in [0, 0.05) is 6.54 Å². The quantitative estimate of drug-likeness (QED) is 0.848. The first-order chi connectivity index (χ1) is 8.67. The maximum atomic E-state index is 9.69. The van der Waals surface area contributed by atoms with E-state index in [1.165, 1.54) is 0 Å². The van der Waals surface area contributed by atoms with Crippen LogP contribution in [0.3, 0.4) is 0 Å². The summed E-state index contributed by atoms with van der Waals surface area (Å²) in [6.45, 7) is 5.92. The van der Waals surface area contributed by atoms with Crippen LogP contribution in [0, 0.1) is 0 Å². The molecule has 0 bridgehead atoms. The standard InChI is InChI=1S/C13H19N3O2/c1-3-16-10(8-15-13(16)14)9-5-6-11(17)12(7-9)18-4-2/h5-7,10,17H,3-4,8H2,1-2H3,(H2,14,15). The van der Waals surface area contributed by atoms with Crippen molar-refractivity contribution in [1.82, 2.24) is 4.90 Å². The smallest absolute Gasteiger partial charge is 0.191 e.